The predicted molar refractivity (Wildman–Crippen MR) is 66.5 cm³/mol. The Bertz CT molecular complexity index is 292. The van der Waals surface area contributed by atoms with Crippen LogP contribution in [-0.4, -0.2) is 37.8 Å². The van der Waals surface area contributed by atoms with E-state index in [4.69, 9.17) is 9.47 Å². The molecule has 0 bridgehead atoms. The number of esters is 1. The van der Waals surface area contributed by atoms with Gasteiger partial charge in [-0.1, -0.05) is 13.8 Å². The molecule has 0 radical (unpaired) electrons. The Morgan fingerprint density at radius 3 is 2.53 bits per heavy atom. The van der Waals surface area contributed by atoms with Crippen LogP contribution in [-0.2, 0) is 19.1 Å². The van der Waals surface area contributed by atoms with Crippen molar-refractivity contribution < 1.29 is 19.1 Å². The van der Waals surface area contributed by atoms with Gasteiger partial charge in [0.15, 0.2) is 0 Å². The molecular formula is C12H21BO4. The van der Waals surface area contributed by atoms with E-state index in [0.717, 1.165) is 6.42 Å². The van der Waals surface area contributed by atoms with Crippen LogP contribution >= 0.6 is 0 Å². The highest BCUT2D eigenvalue weighted by atomic mass is 16.6. The van der Waals surface area contributed by atoms with Crippen LogP contribution in [0.25, 0.3) is 0 Å². The first-order valence-corrected chi connectivity index (χ1v) is 6.30. The summed E-state index contributed by atoms with van der Waals surface area (Å²) >= 11 is 0. The molecule has 0 aromatic heterocycles. The van der Waals surface area contributed by atoms with Gasteiger partial charge in [-0.15, -0.1) is 0 Å². The topological polar surface area (TPSA) is 52.6 Å². The molecule has 4 unspecified atom stereocenters. The first-order valence-electron chi connectivity index (χ1n) is 6.30. The number of ether oxygens (including phenoxy) is 2. The molecule has 1 rings (SSSR count). The Labute approximate surface area is 103 Å². The van der Waals surface area contributed by atoms with Crippen LogP contribution in [0.3, 0.4) is 0 Å². The lowest BCUT2D eigenvalue weighted by Crippen LogP contribution is -2.31. The number of hydrogen-bond acceptors (Lipinski definition) is 4. The molecule has 17 heavy (non-hydrogen) atoms. The van der Waals surface area contributed by atoms with Crippen molar-refractivity contribution in [3.63, 3.8) is 0 Å². The zero-order chi connectivity index (χ0) is 13.0. The molecule has 96 valence electrons. The lowest BCUT2D eigenvalue weighted by molar-refractivity contribution is -0.154. The fourth-order valence-corrected chi connectivity index (χ4v) is 2.08. The average molecular weight is 240 g/mol. The highest BCUT2D eigenvalue weighted by Gasteiger charge is 2.40. The van der Waals surface area contributed by atoms with Crippen molar-refractivity contribution in [3.05, 3.63) is 0 Å². The molecule has 5 heteroatoms. The lowest BCUT2D eigenvalue weighted by Gasteiger charge is -2.20. The number of carbonyl (C=O) groups excluding carboxylic acids is 2. The molecule has 0 aromatic carbocycles. The molecule has 0 aliphatic carbocycles. The maximum atomic E-state index is 11.6. The van der Waals surface area contributed by atoms with E-state index in [1.54, 1.807) is 0 Å². The van der Waals surface area contributed by atoms with Crippen molar-refractivity contribution in [1.82, 2.24) is 0 Å². The van der Waals surface area contributed by atoms with Crippen molar-refractivity contribution in [3.8, 4) is 0 Å². The summed E-state index contributed by atoms with van der Waals surface area (Å²) in [5, 5.41) is 0. The van der Waals surface area contributed by atoms with Gasteiger partial charge in [-0.25, -0.2) is 0 Å². The molecule has 1 aliphatic rings. The van der Waals surface area contributed by atoms with Gasteiger partial charge < -0.3 is 14.3 Å². The molecule has 1 aliphatic heterocycles. The molecule has 0 spiro atoms. The minimum atomic E-state index is -0.298. The normalized spacial score (nSPS) is 32.4. The Morgan fingerprint density at radius 2 is 2.00 bits per heavy atom. The summed E-state index contributed by atoms with van der Waals surface area (Å²) < 4.78 is 11.1. The standard InChI is InChI=1S/C12H21BO4/c1-4-9-11(8(3)12(13)16-9)17-10(15)6-5-7(2)14/h8-9,11-12H,4-6,13H2,1-3H3. The molecule has 0 N–H and O–H groups in total. The SMILES string of the molecule is BC1OC(CC)C(OC(=O)CCC(C)=O)C1C. The van der Waals surface area contributed by atoms with Crippen molar-refractivity contribution in [1.29, 1.82) is 0 Å². The number of Topliss-reactive ketones (excluding diaryl/α,β-unsaturated/α-hetero) is 1. The fourth-order valence-electron chi connectivity index (χ4n) is 2.08. The summed E-state index contributed by atoms with van der Waals surface area (Å²) in [4.78, 5) is 22.4. The smallest absolute Gasteiger partial charge is 0.306 e. The second-order valence-corrected chi connectivity index (χ2v) is 4.80. The quantitative estimate of drug-likeness (QED) is 0.523. The van der Waals surface area contributed by atoms with Gasteiger partial charge in [-0.2, -0.15) is 0 Å². The molecule has 4 atom stereocenters. The van der Waals surface area contributed by atoms with Crippen LogP contribution < -0.4 is 0 Å². The van der Waals surface area contributed by atoms with Gasteiger partial charge in [0, 0.05) is 18.3 Å². The van der Waals surface area contributed by atoms with Crippen LogP contribution in [0.2, 0.25) is 0 Å². The number of carbonyl (C=O) groups is 2. The van der Waals surface area contributed by atoms with E-state index in [-0.39, 0.29) is 48.7 Å². The third kappa shape index (κ3) is 3.84. The molecule has 0 amide bonds. The van der Waals surface area contributed by atoms with Crippen molar-refractivity contribution >= 4 is 19.6 Å². The Morgan fingerprint density at radius 1 is 1.35 bits per heavy atom. The van der Waals surface area contributed by atoms with Crippen LogP contribution in [0.1, 0.15) is 40.0 Å². The summed E-state index contributed by atoms with van der Waals surface area (Å²) in [6.07, 6.45) is 1.08. The minimum absolute atomic E-state index is 0.0121. The third-order valence-electron chi connectivity index (χ3n) is 3.37. The highest BCUT2D eigenvalue weighted by molar-refractivity contribution is 6.11. The van der Waals surface area contributed by atoms with E-state index in [1.165, 1.54) is 6.92 Å². The van der Waals surface area contributed by atoms with Crippen LogP contribution in [0, 0.1) is 5.92 Å². The van der Waals surface area contributed by atoms with Gasteiger partial charge in [0.2, 0.25) is 0 Å². The largest absolute Gasteiger partial charge is 0.459 e. The Hall–Kier alpha value is -0.835. The van der Waals surface area contributed by atoms with Gasteiger partial charge >= 0.3 is 5.97 Å². The third-order valence-corrected chi connectivity index (χ3v) is 3.37. The second-order valence-electron chi connectivity index (χ2n) is 4.80. The summed E-state index contributed by atoms with van der Waals surface area (Å²) in [6.45, 7) is 5.53. The maximum Gasteiger partial charge on any atom is 0.306 e. The zero-order valence-electron chi connectivity index (χ0n) is 11.1. The second kappa shape index (κ2) is 6.19. The predicted octanol–water partition coefficient (Wildman–Crippen LogP) is 0.671. The van der Waals surface area contributed by atoms with Crippen LogP contribution in [0.15, 0.2) is 0 Å². The van der Waals surface area contributed by atoms with E-state index < -0.39 is 0 Å². The van der Waals surface area contributed by atoms with Crippen LogP contribution in [0.5, 0.6) is 0 Å². The average Bonchev–Trinajstić information content (AvgIpc) is 2.54. The minimum Gasteiger partial charge on any atom is -0.459 e. The first-order chi connectivity index (χ1) is 7.95. The van der Waals surface area contributed by atoms with Gasteiger partial charge in [0.05, 0.1) is 12.5 Å². The summed E-state index contributed by atoms with van der Waals surface area (Å²) in [5.74, 6) is -0.0764. The van der Waals surface area contributed by atoms with Crippen LogP contribution in [0.4, 0.5) is 0 Å². The van der Waals surface area contributed by atoms with Gasteiger partial charge in [-0.3, -0.25) is 4.79 Å². The first kappa shape index (κ1) is 14.2. The summed E-state index contributed by atoms with van der Waals surface area (Å²) in [6, 6.07) is 0.116. The van der Waals surface area contributed by atoms with E-state index >= 15 is 0 Å². The van der Waals surface area contributed by atoms with Crippen molar-refractivity contribution in [2.45, 2.75) is 58.2 Å². The molecule has 1 heterocycles. The van der Waals surface area contributed by atoms with E-state index in [2.05, 4.69) is 0 Å². The zero-order valence-corrected chi connectivity index (χ0v) is 11.1. The van der Waals surface area contributed by atoms with E-state index in [0.29, 0.717) is 0 Å². The van der Waals surface area contributed by atoms with Crippen molar-refractivity contribution in [2.75, 3.05) is 0 Å². The molecule has 1 fully saturated rings. The highest BCUT2D eigenvalue weighted by Crippen LogP contribution is 2.29. The number of hydrogen-bond donors (Lipinski definition) is 0. The van der Waals surface area contributed by atoms with Crippen molar-refractivity contribution in [2.24, 2.45) is 5.92 Å². The maximum absolute atomic E-state index is 11.6. The van der Waals surface area contributed by atoms with E-state index in [1.807, 2.05) is 21.7 Å². The molecule has 0 saturated carbocycles. The summed E-state index contributed by atoms with van der Waals surface area (Å²) in [5.41, 5.74) is 0. The molecular weight excluding hydrogens is 219 g/mol. The fraction of sp³-hybridized carbons (Fsp3) is 0.833. The number of ketones is 1. The molecule has 1 saturated heterocycles. The van der Waals surface area contributed by atoms with E-state index in [9.17, 15) is 9.59 Å². The lowest BCUT2D eigenvalue weighted by atomic mass is 9.86. The molecule has 4 nitrogen and oxygen atoms in total. The molecule has 0 aromatic rings. The number of rotatable bonds is 5. The van der Waals surface area contributed by atoms with Gasteiger partial charge in [-0.05, 0) is 13.3 Å². The Kier molecular flexibility index (Phi) is 5.18. The Balaban J connectivity index is 2.48. The monoisotopic (exact) mass is 240 g/mol. The summed E-state index contributed by atoms with van der Waals surface area (Å²) in [7, 11) is 2.00. The van der Waals surface area contributed by atoms with Gasteiger partial charge in [0.25, 0.3) is 0 Å². The van der Waals surface area contributed by atoms with Gasteiger partial charge in [0.1, 0.15) is 19.7 Å².